The molecule has 2 heterocycles. The van der Waals surface area contributed by atoms with Gasteiger partial charge in [0.25, 0.3) is 15.9 Å². The first kappa shape index (κ1) is 24.1. The summed E-state index contributed by atoms with van der Waals surface area (Å²) in [6.07, 6.45) is 5.91. The summed E-state index contributed by atoms with van der Waals surface area (Å²) < 4.78 is 36.3. The number of para-hydroxylation sites is 1. The summed E-state index contributed by atoms with van der Waals surface area (Å²) in [5.74, 6) is 1.20. The molecule has 0 saturated heterocycles. The van der Waals surface area contributed by atoms with Crippen molar-refractivity contribution in [3.8, 4) is 0 Å². The SMILES string of the molecule is CCc1ccc(CNc2cc(C(=O)NCCn3ccnc3)cc(S(=O)(=O)Nc3ccccc3)c2)o1. The maximum absolute atomic E-state index is 13.1. The highest BCUT2D eigenvalue weighted by Gasteiger charge is 2.19. The number of furan rings is 1. The van der Waals surface area contributed by atoms with E-state index in [1.807, 2.05) is 23.6 Å². The van der Waals surface area contributed by atoms with Crippen molar-refractivity contribution in [1.29, 1.82) is 0 Å². The zero-order valence-electron chi connectivity index (χ0n) is 19.3. The number of benzene rings is 2. The molecule has 182 valence electrons. The third-order valence-electron chi connectivity index (χ3n) is 5.25. The van der Waals surface area contributed by atoms with E-state index in [2.05, 4.69) is 20.3 Å². The normalized spacial score (nSPS) is 11.2. The van der Waals surface area contributed by atoms with Crippen molar-refractivity contribution >= 4 is 27.3 Å². The van der Waals surface area contributed by atoms with Gasteiger partial charge in [-0.15, -0.1) is 0 Å². The lowest BCUT2D eigenvalue weighted by Gasteiger charge is -2.13. The van der Waals surface area contributed by atoms with Crippen molar-refractivity contribution in [3.05, 3.63) is 96.5 Å². The highest BCUT2D eigenvalue weighted by Crippen LogP contribution is 2.23. The van der Waals surface area contributed by atoms with Gasteiger partial charge in [-0.05, 0) is 42.5 Å². The number of carbonyl (C=O) groups excluding carboxylic acids is 1. The van der Waals surface area contributed by atoms with Crippen LogP contribution in [0.2, 0.25) is 0 Å². The Morgan fingerprint density at radius 1 is 1.03 bits per heavy atom. The predicted octanol–water partition coefficient (Wildman–Crippen LogP) is 3.88. The van der Waals surface area contributed by atoms with Crippen molar-refractivity contribution in [1.82, 2.24) is 14.9 Å². The number of anilines is 2. The molecule has 0 fully saturated rings. The van der Waals surface area contributed by atoms with E-state index in [4.69, 9.17) is 4.42 Å². The summed E-state index contributed by atoms with van der Waals surface area (Å²) in [4.78, 5) is 16.8. The van der Waals surface area contributed by atoms with Gasteiger partial charge in [0.05, 0.1) is 17.8 Å². The van der Waals surface area contributed by atoms with Gasteiger partial charge in [0.1, 0.15) is 11.5 Å². The van der Waals surface area contributed by atoms with Crippen LogP contribution in [-0.2, 0) is 29.5 Å². The minimum atomic E-state index is -3.94. The first-order valence-electron chi connectivity index (χ1n) is 11.2. The van der Waals surface area contributed by atoms with Crippen molar-refractivity contribution < 1.29 is 17.6 Å². The van der Waals surface area contributed by atoms with E-state index >= 15 is 0 Å². The summed E-state index contributed by atoms with van der Waals surface area (Å²) in [5, 5.41) is 6.00. The maximum Gasteiger partial charge on any atom is 0.261 e. The number of rotatable bonds is 11. The molecule has 35 heavy (non-hydrogen) atoms. The second kappa shape index (κ2) is 10.9. The number of hydrogen-bond acceptors (Lipinski definition) is 6. The van der Waals surface area contributed by atoms with Gasteiger partial charge in [-0.25, -0.2) is 13.4 Å². The number of hydrogen-bond donors (Lipinski definition) is 3. The molecule has 0 radical (unpaired) electrons. The van der Waals surface area contributed by atoms with Crippen LogP contribution in [-0.4, -0.2) is 30.4 Å². The zero-order chi connectivity index (χ0) is 24.7. The van der Waals surface area contributed by atoms with Gasteiger partial charge < -0.3 is 19.6 Å². The first-order chi connectivity index (χ1) is 16.9. The lowest BCUT2D eigenvalue weighted by atomic mass is 10.2. The summed E-state index contributed by atoms with van der Waals surface area (Å²) in [6.45, 7) is 3.26. The number of carbonyl (C=O) groups is 1. The Bertz CT molecular complexity index is 1370. The average Bonchev–Trinajstić information content (AvgIpc) is 3.55. The van der Waals surface area contributed by atoms with Gasteiger partial charge in [0.15, 0.2) is 0 Å². The standard InChI is InChI=1S/C25H27N5O4S/c1-2-22-8-9-23(34-22)17-28-21-14-19(25(31)27-11-13-30-12-10-26-18-30)15-24(16-21)35(32,33)29-20-6-4-3-5-7-20/h3-10,12,14-16,18,28-29H,2,11,13,17H2,1H3,(H,27,31). The molecular weight excluding hydrogens is 466 g/mol. The van der Waals surface area contributed by atoms with Crippen LogP contribution in [0.1, 0.15) is 28.8 Å². The monoisotopic (exact) mass is 493 g/mol. The lowest BCUT2D eigenvalue weighted by Crippen LogP contribution is -2.27. The molecule has 0 atom stereocenters. The Balaban J connectivity index is 1.56. The van der Waals surface area contributed by atoms with Gasteiger partial charge >= 0.3 is 0 Å². The minimum Gasteiger partial charge on any atom is -0.464 e. The number of sulfonamides is 1. The summed E-state index contributed by atoms with van der Waals surface area (Å²) in [6, 6.07) is 16.9. The number of nitrogens with one attached hydrogen (secondary N) is 3. The van der Waals surface area contributed by atoms with Crippen LogP contribution in [0, 0.1) is 0 Å². The van der Waals surface area contributed by atoms with Crippen molar-refractivity contribution in [2.45, 2.75) is 31.3 Å². The van der Waals surface area contributed by atoms with Crippen LogP contribution in [0.4, 0.5) is 11.4 Å². The Hall–Kier alpha value is -4.05. The Kier molecular flexibility index (Phi) is 7.51. The summed E-state index contributed by atoms with van der Waals surface area (Å²) >= 11 is 0. The van der Waals surface area contributed by atoms with Crippen LogP contribution in [0.3, 0.4) is 0 Å². The predicted molar refractivity (Wildman–Crippen MR) is 134 cm³/mol. The first-order valence-corrected chi connectivity index (χ1v) is 12.7. The third-order valence-corrected chi connectivity index (χ3v) is 6.61. The lowest BCUT2D eigenvalue weighted by molar-refractivity contribution is 0.0952. The fourth-order valence-electron chi connectivity index (χ4n) is 3.42. The molecule has 0 unspecified atom stereocenters. The quantitative estimate of drug-likeness (QED) is 0.292. The second-order valence-corrected chi connectivity index (χ2v) is 9.53. The molecule has 0 aliphatic rings. The van der Waals surface area contributed by atoms with Gasteiger partial charge in [-0.2, -0.15) is 0 Å². The zero-order valence-corrected chi connectivity index (χ0v) is 20.1. The fraction of sp³-hybridized carbons (Fsp3) is 0.200. The Morgan fingerprint density at radius 2 is 1.83 bits per heavy atom. The summed E-state index contributed by atoms with van der Waals surface area (Å²) in [5.41, 5.74) is 1.14. The molecule has 2 aromatic heterocycles. The Morgan fingerprint density at radius 3 is 2.54 bits per heavy atom. The molecule has 4 rings (SSSR count). The molecule has 9 nitrogen and oxygen atoms in total. The maximum atomic E-state index is 13.1. The number of aryl methyl sites for hydroxylation is 1. The van der Waals surface area contributed by atoms with Crippen LogP contribution in [0.15, 0.2) is 88.7 Å². The van der Waals surface area contributed by atoms with E-state index in [0.717, 1.165) is 12.2 Å². The minimum absolute atomic E-state index is 0.0280. The molecule has 0 bridgehead atoms. The largest absolute Gasteiger partial charge is 0.464 e. The molecule has 4 aromatic rings. The number of aromatic nitrogens is 2. The smallest absolute Gasteiger partial charge is 0.261 e. The van der Waals surface area contributed by atoms with Crippen LogP contribution < -0.4 is 15.4 Å². The van der Waals surface area contributed by atoms with Crippen LogP contribution in [0.5, 0.6) is 0 Å². The van der Waals surface area contributed by atoms with Gasteiger partial charge in [-0.3, -0.25) is 9.52 Å². The number of imidazole rings is 1. The van der Waals surface area contributed by atoms with E-state index in [1.54, 1.807) is 55.1 Å². The molecule has 0 aliphatic carbocycles. The van der Waals surface area contributed by atoms with E-state index in [9.17, 15) is 13.2 Å². The van der Waals surface area contributed by atoms with Crippen molar-refractivity contribution in [3.63, 3.8) is 0 Å². The Labute approximate surface area is 204 Å². The molecule has 10 heteroatoms. The molecule has 0 spiro atoms. The van der Waals surface area contributed by atoms with Crippen LogP contribution >= 0.6 is 0 Å². The van der Waals surface area contributed by atoms with Crippen LogP contribution in [0.25, 0.3) is 0 Å². The number of nitrogens with zero attached hydrogens (tertiary/aromatic N) is 2. The van der Waals surface area contributed by atoms with Crippen molar-refractivity contribution in [2.24, 2.45) is 0 Å². The van der Waals surface area contributed by atoms with E-state index in [0.29, 0.717) is 36.8 Å². The third kappa shape index (κ3) is 6.51. The number of amides is 1. The highest BCUT2D eigenvalue weighted by molar-refractivity contribution is 7.92. The van der Waals surface area contributed by atoms with Gasteiger partial charge in [0, 0.05) is 48.8 Å². The average molecular weight is 494 g/mol. The van der Waals surface area contributed by atoms with Gasteiger partial charge in [-0.1, -0.05) is 25.1 Å². The topological polar surface area (TPSA) is 118 Å². The van der Waals surface area contributed by atoms with E-state index in [1.165, 1.54) is 12.1 Å². The second-order valence-electron chi connectivity index (χ2n) is 7.85. The van der Waals surface area contributed by atoms with Crippen molar-refractivity contribution in [2.75, 3.05) is 16.6 Å². The molecule has 0 aliphatic heterocycles. The molecule has 2 aromatic carbocycles. The fourth-order valence-corrected chi connectivity index (χ4v) is 4.55. The van der Waals surface area contributed by atoms with E-state index in [-0.39, 0.29) is 16.4 Å². The van der Waals surface area contributed by atoms with E-state index < -0.39 is 10.0 Å². The molecule has 3 N–H and O–H groups in total. The molecular formula is C25H27N5O4S. The molecule has 1 amide bonds. The van der Waals surface area contributed by atoms with Gasteiger partial charge in [0.2, 0.25) is 0 Å². The molecule has 0 saturated carbocycles. The highest BCUT2D eigenvalue weighted by atomic mass is 32.2. The summed E-state index contributed by atoms with van der Waals surface area (Å²) in [7, 11) is -3.94.